The van der Waals surface area contributed by atoms with Crippen LogP contribution in [0.1, 0.15) is 30.9 Å². The van der Waals surface area contributed by atoms with Crippen LogP contribution in [0.25, 0.3) is 16.8 Å². The lowest BCUT2D eigenvalue weighted by Crippen LogP contribution is -2.29. The molecule has 8 atom stereocenters. The Balaban J connectivity index is 1.17. The maximum atomic E-state index is 13.1. The van der Waals surface area contributed by atoms with E-state index in [0.717, 1.165) is 0 Å². The number of nitrogens with two attached hydrogens (primary N) is 2. The van der Waals surface area contributed by atoms with E-state index in [1.165, 1.54) is 21.6 Å². The second kappa shape index (κ2) is 10.8. The zero-order valence-corrected chi connectivity index (χ0v) is 25.4. The zero-order valence-electron chi connectivity index (χ0n) is 21.9. The first kappa shape index (κ1) is 29.2. The fourth-order valence-electron chi connectivity index (χ4n) is 5.36. The summed E-state index contributed by atoms with van der Waals surface area (Å²) in [4.78, 5) is 38.0. The van der Waals surface area contributed by atoms with Crippen LogP contribution in [0.15, 0.2) is 29.6 Å². The van der Waals surface area contributed by atoms with E-state index in [1.54, 1.807) is 12.3 Å². The molecule has 6 N–H and O–H groups in total. The minimum atomic E-state index is -4.62. The van der Waals surface area contributed by atoms with Crippen molar-refractivity contribution in [3.8, 4) is 0 Å². The SMILES string of the molecule is Nc1nc2c(ncn2[C@@H]2O[C@@H]3COP(=O)(O)O[C@H]4C[C@H](c5cnc6c(N)ccnn56)O[C@@H]4COP(=S)(S)O[C@@H]2C3)c(=O)[nH]1. The number of nitrogens with zero attached hydrogens (tertiary/aromatic N) is 6. The lowest BCUT2D eigenvalue weighted by atomic mass is 10.1. The first-order valence-corrected chi connectivity index (χ1v) is 18.2. The topological polar surface area (TPSA) is 238 Å². The van der Waals surface area contributed by atoms with E-state index in [1.807, 2.05) is 0 Å². The summed E-state index contributed by atoms with van der Waals surface area (Å²) in [7, 11) is -4.62. The van der Waals surface area contributed by atoms with E-state index in [0.29, 0.717) is 17.0 Å². The Hall–Kier alpha value is -2.48. The molecule has 3 saturated heterocycles. The number of imidazole rings is 2. The highest BCUT2D eigenvalue weighted by Gasteiger charge is 2.46. The van der Waals surface area contributed by atoms with Crippen molar-refractivity contribution < 1.29 is 37.0 Å². The van der Waals surface area contributed by atoms with E-state index in [-0.39, 0.29) is 43.2 Å². The smallest absolute Gasteiger partial charge is 0.396 e. The fraction of sp³-hybridized carbons (Fsp3) is 0.476. The van der Waals surface area contributed by atoms with Gasteiger partial charge in [0.1, 0.15) is 24.4 Å². The summed E-state index contributed by atoms with van der Waals surface area (Å²) < 4.78 is 51.5. The Morgan fingerprint density at radius 1 is 1.09 bits per heavy atom. The third-order valence-electron chi connectivity index (χ3n) is 7.22. The Bertz CT molecular complexity index is 1870. The van der Waals surface area contributed by atoms with Crippen molar-refractivity contribution in [1.29, 1.82) is 0 Å². The maximum Gasteiger partial charge on any atom is 0.472 e. The van der Waals surface area contributed by atoms with Crippen molar-refractivity contribution in [2.24, 2.45) is 0 Å². The van der Waals surface area contributed by atoms with Crippen LogP contribution in [-0.4, -0.2) is 76.6 Å². The highest BCUT2D eigenvalue weighted by atomic mass is 32.9. The summed E-state index contributed by atoms with van der Waals surface area (Å²) in [6.07, 6.45) is -0.155. The number of aromatic amines is 1. The number of fused-ring (bicyclic) bond motifs is 5. The number of hydrogen-bond acceptors (Lipinski definition) is 15. The molecule has 0 saturated carbocycles. The molecule has 0 aromatic carbocycles. The summed E-state index contributed by atoms with van der Waals surface area (Å²) in [6.45, 7) is -0.515. The molecule has 3 aliphatic heterocycles. The van der Waals surface area contributed by atoms with E-state index < -0.39 is 55.8 Å². The van der Waals surface area contributed by atoms with Crippen LogP contribution in [0.3, 0.4) is 0 Å². The van der Waals surface area contributed by atoms with Crippen molar-refractivity contribution in [2.45, 2.75) is 49.6 Å². The normalized spacial score (nSPS) is 35.4. The third-order valence-corrected chi connectivity index (χ3v) is 10.5. The number of anilines is 2. The molecule has 0 radical (unpaired) electrons. The number of rotatable bonds is 2. The van der Waals surface area contributed by atoms with Crippen LogP contribution in [-0.2, 0) is 43.9 Å². The summed E-state index contributed by atoms with van der Waals surface area (Å²) in [5.74, 6) is -0.120. The molecule has 7 rings (SSSR count). The van der Waals surface area contributed by atoms with Gasteiger partial charge in [0.05, 0.1) is 49.4 Å². The van der Waals surface area contributed by atoms with Crippen LogP contribution in [0.4, 0.5) is 11.6 Å². The summed E-state index contributed by atoms with van der Waals surface area (Å²) >= 11 is 10.2. The van der Waals surface area contributed by atoms with Gasteiger partial charge in [0.15, 0.2) is 23.0 Å². The van der Waals surface area contributed by atoms with Gasteiger partial charge in [0.2, 0.25) is 11.6 Å². The number of phosphoric acid groups is 1. The predicted octanol–water partition coefficient (Wildman–Crippen LogP) is 1.22. The molecular weight excluding hydrogens is 648 g/mol. The molecule has 7 heterocycles. The van der Waals surface area contributed by atoms with Crippen LogP contribution < -0.4 is 17.0 Å². The molecule has 3 aliphatic rings. The van der Waals surface area contributed by atoms with Gasteiger partial charge < -0.3 is 34.9 Å². The van der Waals surface area contributed by atoms with Gasteiger partial charge in [-0.2, -0.15) is 10.1 Å². The molecule has 2 bridgehead atoms. The average Bonchev–Trinajstić information content (AvgIpc) is 3.71. The molecule has 43 heavy (non-hydrogen) atoms. The van der Waals surface area contributed by atoms with Crippen molar-refractivity contribution in [2.75, 3.05) is 24.7 Å². The maximum absolute atomic E-state index is 13.1. The van der Waals surface area contributed by atoms with Crippen molar-refractivity contribution in [1.82, 2.24) is 34.1 Å². The molecule has 0 aliphatic carbocycles. The number of nitrogen functional groups attached to an aromatic ring is 2. The fourth-order valence-corrected chi connectivity index (χ4v) is 8.34. The van der Waals surface area contributed by atoms with Gasteiger partial charge in [-0.05, 0) is 17.9 Å². The van der Waals surface area contributed by atoms with Gasteiger partial charge in [-0.15, -0.1) is 0 Å². The van der Waals surface area contributed by atoms with E-state index >= 15 is 0 Å². The van der Waals surface area contributed by atoms with E-state index in [2.05, 4.69) is 37.3 Å². The van der Waals surface area contributed by atoms with Gasteiger partial charge in [-0.3, -0.25) is 23.4 Å². The number of thiol groups is 1. The monoisotopic (exact) mass is 673 g/mol. The van der Waals surface area contributed by atoms with Gasteiger partial charge in [0.25, 0.3) is 5.56 Å². The quantitative estimate of drug-likeness (QED) is 0.148. The zero-order chi connectivity index (χ0) is 30.1. The van der Waals surface area contributed by atoms with Crippen molar-refractivity contribution in [3.05, 3.63) is 40.8 Å². The number of aromatic nitrogens is 7. The number of hydrogen-bond donors (Lipinski definition) is 5. The Morgan fingerprint density at radius 2 is 1.93 bits per heavy atom. The van der Waals surface area contributed by atoms with Crippen LogP contribution in [0.2, 0.25) is 0 Å². The molecule has 2 unspecified atom stereocenters. The minimum Gasteiger partial charge on any atom is -0.396 e. The van der Waals surface area contributed by atoms with Crippen LogP contribution >= 0.6 is 25.8 Å². The van der Waals surface area contributed by atoms with Crippen LogP contribution in [0.5, 0.6) is 0 Å². The molecule has 4 aromatic heterocycles. The number of phosphoric ester groups is 1. The predicted molar refractivity (Wildman–Crippen MR) is 155 cm³/mol. The Morgan fingerprint density at radius 3 is 2.77 bits per heavy atom. The Labute approximate surface area is 251 Å². The highest BCUT2D eigenvalue weighted by molar-refractivity contribution is 8.60. The number of H-pyrrole nitrogens is 1. The van der Waals surface area contributed by atoms with Gasteiger partial charge in [-0.1, -0.05) is 12.2 Å². The van der Waals surface area contributed by atoms with E-state index in [4.69, 9.17) is 50.8 Å². The molecule has 22 heteroatoms. The standard InChI is InChI=1S/C21H25N9O9P2S2/c22-10-1-2-26-30-11(5-24-17(10)30)12-4-13-15(37-12)7-35-41(42,43)39-14-3-9(6-34-40(32,33)38-13)36-20(14)29-8-25-16-18(29)27-21(23)28-19(16)31/h1-2,5,8-9,12-15,20H,3-4,6-7,22H2,(H,32,33)(H,42,43)(H3,23,27,28,31)/t9-,12+,13-,14+,15+,20+/m0/s1. The second-order valence-electron chi connectivity index (χ2n) is 10.1. The lowest BCUT2D eigenvalue weighted by Gasteiger charge is -2.27. The molecule has 0 amide bonds. The lowest BCUT2D eigenvalue weighted by molar-refractivity contribution is -0.0541. The minimum absolute atomic E-state index is 0.0308. The molecule has 230 valence electrons. The van der Waals surface area contributed by atoms with Crippen molar-refractivity contribution >= 4 is 66.0 Å². The average molecular weight is 674 g/mol. The number of ether oxygens (including phenoxy) is 2. The molecule has 18 nitrogen and oxygen atoms in total. The largest absolute Gasteiger partial charge is 0.472 e. The highest BCUT2D eigenvalue weighted by Crippen LogP contribution is 2.58. The Kier molecular flexibility index (Phi) is 7.38. The summed E-state index contributed by atoms with van der Waals surface area (Å²) in [6, 6.07) is 1.62. The number of nitrogens with one attached hydrogen (secondary N) is 1. The second-order valence-corrected chi connectivity index (χ2v) is 16.7. The van der Waals surface area contributed by atoms with Crippen LogP contribution in [0, 0.1) is 0 Å². The van der Waals surface area contributed by atoms with Gasteiger partial charge >= 0.3 is 7.82 Å². The van der Waals surface area contributed by atoms with Gasteiger partial charge in [-0.25, -0.2) is 19.0 Å². The van der Waals surface area contributed by atoms with Crippen molar-refractivity contribution in [3.63, 3.8) is 0 Å². The van der Waals surface area contributed by atoms with Gasteiger partial charge in [0, 0.05) is 12.8 Å². The first-order chi connectivity index (χ1) is 20.5. The first-order valence-electron chi connectivity index (χ1n) is 12.9. The summed E-state index contributed by atoms with van der Waals surface area (Å²) in [5, 5.41) is 4.30. The molecule has 4 aromatic rings. The molecular formula is C21H25N9O9P2S2. The summed E-state index contributed by atoms with van der Waals surface area (Å²) in [5.41, 5.74) is 9.54. The third kappa shape index (κ3) is 5.62. The van der Waals surface area contributed by atoms with E-state index in [9.17, 15) is 14.3 Å². The molecule has 3 fully saturated rings. The molecule has 0 spiro atoms.